The Morgan fingerprint density at radius 3 is 2.33 bits per heavy atom. The van der Waals surface area contributed by atoms with E-state index in [1.807, 2.05) is 31.2 Å². The number of rotatable bonds is 5. The lowest BCUT2D eigenvalue weighted by atomic mass is 10.2. The fraction of sp³-hybridized carbons (Fsp3) is 0.188. The van der Waals surface area contributed by atoms with Crippen LogP contribution in [0.25, 0.3) is 0 Å². The number of aromatic hydroxyl groups is 1. The number of carboxylic acids is 1. The van der Waals surface area contributed by atoms with E-state index in [1.54, 1.807) is 6.92 Å². The van der Waals surface area contributed by atoms with Gasteiger partial charge in [-0.2, -0.15) is 0 Å². The predicted octanol–water partition coefficient (Wildman–Crippen LogP) is 3.20. The first-order chi connectivity index (χ1) is 9.95. The number of carbonyl (C=O) groups is 1. The molecule has 2 aromatic carbocycles. The molecule has 0 fully saturated rings. The third kappa shape index (κ3) is 3.89. The molecule has 0 saturated carbocycles. The summed E-state index contributed by atoms with van der Waals surface area (Å²) in [7, 11) is 0. The quantitative estimate of drug-likeness (QED) is 0.826. The van der Waals surface area contributed by atoms with Crippen molar-refractivity contribution in [1.82, 2.24) is 0 Å². The molecule has 0 aliphatic heterocycles. The van der Waals surface area contributed by atoms with Crippen molar-refractivity contribution in [2.45, 2.75) is 20.1 Å². The van der Waals surface area contributed by atoms with Crippen LogP contribution in [0.3, 0.4) is 0 Å². The van der Waals surface area contributed by atoms with Gasteiger partial charge >= 0.3 is 5.97 Å². The Hall–Kier alpha value is -2.69. The molecule has 0 saturated heterocycles. The molecule has 0 aliphatic rings. The second-order valence-electron chi connectivity index (χ2n) is 4.60. The Labute approximate surface area is 122 Å². The Morgan fingerprint density at radius 1 is 1.10 bits per heavy atom. The number of carboxylic acid groups (broad SMARTS) is 1. The molecule has 0 aromatic heterocycles. The summed E-state index contributed by atoms with van der Waals surface area (Å²) in [5.74, 6) is -0.530. The van der Waals surface area contributed by atoms with E-state index in [-0.39, 0.29) is 11.3 Å². The predicted molar refractivity (Wildman–Crippen MR) is 77.0 cm³/mol. The first-order valence-electron chi connectivity index (χ1n) is 6.42. The third-order valence-corrected chi connectivity index (χ3v) is 2.79. The normalized spacial score (nSPS) is 11.7. The lowest BCUT2D eigenvalue weighted by Crippen LogP contribution is -2.19. The van der Waals surface area contributed by atoms with Crippen LogP contribution in [0.15, 0.2) is 42.5 Å². The molecule has 1 unspecified atom stereocenters. The molecule has 2 aromatic rings. The molecule has 2 N–H and O–H groups in total. The van der Waals surface area contributed by atoms with Gasteiger partial charge in [0.1, 0.15) is 22.8 Å². The summed E-state index contributed by atoms with van der Waals surface area (Å²) >= 11 is 0. The molecule has 0 bridgehead atoms. The standard InChI is InChI=1S/C16H16O5/c1-10-4-3-5-12(8-10)20-11(2)21-13-6-7-14(16(18)19)15(17)9-13/h3-9,11,17H,1-2H3,(H,18,19). The van der Waals surface area contributed by atoms with Crippen LogP contribution >= 0.6 is 0 Å². The van der Waals surface area contributed by atoms with Crippen molar-refractivity contribution in [2.24, 2.45) is 0 Å². The minimum absolute atomic E-state index is 0.172. The average Bonchev–Trinajstić information content (AvgIpc) is 2.38. The van der Waals surface area contributed by atoms with E-state index in [0.717, 1.165) is 5.56 Å². The molecule has 0 radical (unpaired) electrons. The molecule has 0 aliphatic carbocycles. The van der Waals surface area contributed by atoms with Crippen molar-refractivity contribution in [1.29, 1.82) is 0 Å². The number of hydrogen-bond acceptors (Lipinski definition) is 4. The number of phenols is 1. The van der Waals surface area contributed by atoms with Crippen LogP contribution in [-0.4, -0.2) is 22.5 Å². The van der Waals surface area contributed by atoms with E-state index < -0.39 is 12.3 Å². The van der Waals surface area contributed by atoms with Crippen molar-refractivity contribution in [3.8, 4) is 17.2 Å². The second kappa shape index (κ2) is 6.17. The van der Waals surface area contributed by atoms with Gasteiger partial charge in [-0.15, -0.1) is 0 Å². The molecule has 2 rings (SSSR count). The molecular formula is C16H16O5. The van der Waals surface area contributed by atoms with Crippen molar-refractivity contribution < 1.29 is 24.5 Å². The molecule has 5 heteroatoms. The van der Waals surface area contributed by atoms with Gasteiger partial charge in [-0.05, 0) is 36.8 Å². The summed E-state index contributed by atoms with van der Waals surface area (Å²) in [6.07, 6.45) is -0.582. The van der Waals surface area contributed by atoms with Crippen molar-refractivity contribution in [3.05, 3.63) is 53.6 Å². The van der Waals surface area contributed by atoms with Crippen LogP contribution in [0.2, 0.25) is 0 Å². The zero-order chi connectivity index (χ0) is 15.4. The van der Waals surface area contributed by atoms with Crippen LogP contribution in [-0.2, 0) is 0 Å². The minimum atomic E-state index is -1.19. The largest absolute Gasteiger partial charge is 0.507 e. The molecule has 1 atom stereocenters. The van der Waals surface area contributed by atoms with Gasteiger partial charge in [0.15, 0.2) is 0 Å². The molecule has 21 heavy (non-hydrogen) atoms. The van der Waals surface area contributed by atoms with Gasteiger partial charge < -0.3 is 19.7 Å². The Balaban J connectivity index is 2.04. The van der Waals surface area contributed by atoms with Gasteiger partial charge in [-0.1, -0.05) is 12.1 Å². The zero-order valence-corrected chi connectivity index (χ0v) is 11.7. The Kier molecular flexibility index (Phi) is 4.33. The van der Waals surface area contributed by atoms with Crippen molar-refractivity contribution in [2.75, 3.05) is 0 Å². The van der Waals surface area contributed by atoms with Gasteiger partial charge in [-0.3, -0.25) is 0 Å². The maximum Gasteiger partial charge on any atom is 0.339 e. The molecule has 5 nitrogen and oxygen atoms in total. The number of benzene rings is 2. The fourth-order valence-corrected chi connectivity index (χ4v) is 1.86. The number of ether oxygens (including phenoxy) is 2. The number of aromatic carboxylic acids is 1. The molecule has 0 heterocycles. The Morgan fingerprint density at radius 2 is 1.76 bits per heavy atom. The highest BCUT2D eigenvalue weighted by molar-refractivity contribution is 5.90. The second-order valence-corrected chi connectivity index (χ2v) is 4.60. The summed E-state index contributed by atoms with van der Waals surface area (Å²) in [6, 6.07) is 11.5. The lowest BCUT2D eigenvalue weighted by Gasteiger charge is -2.17. The highest BCUT2D eigenvalue weighted by Gasteiger charge is 2.12. The minimum Gasteiger partial charge on any atom is -0.507 e. The summed E-state index contributed by atoms with van der Waals surface area (Å²) in [5.41, 5.74) is 0.901. The smallest absolute Gasteiger partial charge is 0.339 e. The van der Waals surface area contributed by atoms with Crippen LogP contribution in [0.4, 0.5) is 0 Å². The SMILES string of the molecule is Cc1cccc(OC(C)Oc2ccc(C(=O)O)c(O)c2)c1. The van der Waals surface area contributed by atoms with Gasteiger partial charge in [0.05, 0.1) is 0 Å². The summed E-state index contributed by atoms with van der Waals surface area (Å²) in [6.45, 7) is 3.67. The molecule has 0 amide bonds. The average molecular weight is 288 g/mol. The topological polar surface area (TPSA) is 76.0 Å². The maximum absolute atomic E-state index is 10.8. The van der Waals surface area contributed by atoms with Crippen LogP contribution in [0.1, 0.15) is 22.8 Å². The first kappa shape index (κ1) is 14.7. The summed E-state index contributed by atoms with van der Waals surface area (Å²) < 4.78 is 11.1. The summed E-state index contributed by atoms with van der Waals surface area (Å²) in [5, 5.41) is 18.4. The number of aryl methyl sites for hydroxylation is 1. The van der Waals surface area contributed by atoms with Gasteiger partial charge in [0, 0.05) is 13.0 Å². The van der Waals surface area contributed by atoms with Crippen LogP contribution < -0.4 is 9.47 Å². The van der Waals surface area contributed by atoms with Gasteiger partial charge in [0.2, 0.25) is 6.29 Å². The van der Waals surface area contributed by atoms with Crippen molar-refractivity contribution in [3.63, 3.8) is 0 Å². The van der Waals surface area contributed by atoms with E-state index in [1.165, 1.54) is 18.2 Å². The van der Waals surface area contributed by atoms with Crippen LogP contribution in [0, 0.1) is 6.92 Å². The first-order valence-corrected chi connectivity index (χ1v) is 6.42. The molecule has 0 spiro atoms. The highest BCUT2D eigenvalue weighted by Crippen LogP contribution is 2.25. The van der Waals surface area contributed by atoms with Gasteiger partial charge in [-0.25, -0.2) is 4.79 Å². The van der Waals surface area contributed by atoms with Gasteiger partial charge in [0.25, 0.3) is 0 Å². The van der Waals surface area contributed by atoms with E-state index in [0.29, 0.717) is 11.5 Å². The maximum atomic E-state index is 10.8. The Bertz CT molecular complexity index is 651. The van der Waals surface area contributed by atoms with Crippen molar-refractivity contribution >= 4 is 5.97 Å². The fourth-order valence-electron chi connectivity index (χ4n) is 1.86. The van der Waals surface area contributed by atoms with E-state index in [2.05, 4.69) is 0 Å². The zero-order valence-electron chi connectivity index (χ0n) is 11.7. The van der Waals surface area contributed by atoms with E-state index in [4.69, 9.17) is 14.6 Å². The molecular weight excluding hydrogens is 272 g/mol. The number of hydrogen-bond donors (Lipinski definition) is 2. The summed E-state index contributed by atoms with van der Waals surface area (Å²) in [4.78, 5) is 10.8. The lowest BCUT2D eigenvalue weighted by molar-refractivity contribution is 0.0221. The van der Waals surface area contributed by atoms with E-state index >= 15 is 0 Å². The highest BCUT2D eigenvalue weighted by atomic mass is 16.7. The van der Waals surface area contributed by atoms with Crippen LogP contribution in [0.5, 0.6) is 17.2 Å². The molecule has 110 valence electrons. The third-order valence-electron chi connectivity index (χ3n) is 2.79. The van der Waals surface area contributed by atoms with E-state index in [9.17, 15) is 9.90 Å². The monoisotopic (exact) mass is 288 g/mol.